The van der Waals surface area contributed by atoms with Gasteiger partial charge in [0.1, 0.15) is 11.5 Å². The predicted octanol–water partition coefficient (Wildman–Crippen LogP) is 11.0. The molecule has 262 valence electrons. The molecule has 0 spiro atoms. The van der Waals surface area contributed by atoms with E-state index in [-0.39, 0.29) is 0 Å². The summed E-state index contributed by atoms with van der Waals surface area (Å²) in [4.78, 5) is 0. The van der Waals surface area contributed by atoms with Crippen molar-refractivity contribution in [2.24, 2.45) is 0 Å². The smallest absolute Gasteiger partial charge is 0.119 e. The third-order valence-corrected chi connectivity index (χ3v) is 10.2. The van der Waals surface area contributed by atoms with E-state index >= 15 is 0 Å². The Hall–Kier alpha value is -3.60. The molecule has 0 bridgehead atoms. The van der Waals surface area contributed by atoms with Gasteiger partial charge in [-0.05, 0) is 83.3 Å². The van der Waals surface area contributed by atoms with Crippen LogP contribution in [0.3, 0.4) is 0 Å². The number of rotatable bonds is 24. The maximum Gasteiger partial charge on any atom is 0.119 e. The van der Waals surface area contributed by atoms with Gasteiger partial charge in [0.15, 0.2) is 0 Å². The molecule has 4 aromatic rings. The van der Waals surface area contributed by atoms with Crippen LogP contribution in [0.5, 0.6) is 11.5 Å². The zero-order chi connectivity index (χ0) is 34.0. The standard InChI is InChI=1S/C45H58O4/c46-33-17-9-5-1-3-7-11-19-35-48-39-29-25-37(26-30-39)45(43-23-15-13-21-41(43)42-22-14-16-24-44(42)45)38-27-31-40(32-28-38)49-36-20-12-8-4-2-6-10-18-34-47/h13-16,21-32,46-47H,1-12,17-20,33-36H2. The fourth-order valence-corrected chi connectivity index (χ4v) is 7.56. The lowest BCUT2D eigenvalue weighted by molar-refractivity contribution is 0.281. The predicted molar refractivity (Wildman–Crippen MR) is 203 cm³/mol. The maximum absolute atomic E-state index is 8.93. The third-order valence-electron chi connectivity index (χ3n) is 10.2. The van der Waals surface area contributed by atoms with Crippen molar-refractivity contribution in [3.8, 4) is 22.6 Å². The van der Waals surface area contributed by atoms with Crippen molar-refractivity contribution in [1.82, 2.24) is 0 Å². The SMILES string of the molecule is OCCCCCCCCCCOc1ccc(C2(c3ccc(OCCCCCCCCCCO)cc3)c3ccccc3-c3ccccc32)cc1. The summed E-state index contributed by atoms with van der Waals surface area (Å²) in [5, 5.41) is 17.9. The van der Waals surface area contributed by atoms with E-state index in [1.165, 1.54) is 97.6 Å². The molecular formula is C45H58O4. The quantitative estimate of drug-likeness (QED) is 0.0646. The van der Waals surface area contributed by atoms with Crippen LogP contribution in [-0.4, -0.2) is 36.6 Å². The van der Waals surface area contributed by atoms with Crippen molar-refractivity contribution < 1.29 is 19.7 Å². The molecule has 0 fully saturated rings. The highest BCUT2D eigenvalue weighted by molar-refractivity contribution is 5.86. The minimum atomic E-state index is -0.432. The summed E-state index contributed by atoms with van der Waals surface area (Å²) in [6, 6.07) is 35.4. The van der Waals surface area contributed by atoms with Gasteiger partial charge in [0, 0.05) is 13.2 Å². The fourth-order valence-electron chi connectivity index (χ4n) is 7.56. The van der Waals surface area contributed by atoms with E-state index in [0.717, 1.165) is 63.2 Å². The number of ether oxygens (including phenoxy) is 2. The zero-order valence-corrected chi connectivity index (χ0v) is 29.6. The second kappa shape index (κ2) is 20.2. The molecule has 4 heteroatoms. The molecule has 0 saturated heterocycles. The molecule has 0 unspecified atom stereocenters. The van der Waals surface area contributed by atoms with E-state index in [0.29, 0.717) is 13.2 Å². The molecule has 4 nitrogen and oxygen atoms in total. The summed E-state index contributed by atoms with van der Waals surface area (Å²) in [6.07, 6.45) is 18.7. The Bertz CT molecular complexity index is 1380. The lowest BCUT2D eigenvalue weighted by atomic mass is 9.68. The molecule has 0 saturated carbocycles. The first-order chi connectivity index (χ1) is 24.3. The van der Waals surface area contributed by atoms with Crippen molar-refractivity contribution in [2.45, 2.75) is 108 Å². The molecule has 49 heavy (non-hydrogen) atoms. The molecule has 0 radical (unpaired) electrons. The summed E-state index contributed by atoms with van der Waals surface area (Å²) in [5.41, 5.74) is 7.25. The van der Waals surface area contributed by atoms with Crippen LogP contribution in [0, 0.1) is 0 Å². The van der Waals surface area contributed by atoms with Gasteiger partial charge < -0.3 is 19.7 Å². The number of fused-ring (bicyclic) bond motifs is 3. The Labute approximate surface area is 295 Å². The van der Waals surface area contributed by atoms with Gasteiger partial charge in [-0.15, -0.1) is 0 Å². The molecule has 0 heterocycles. The van der Waals surface area contributed by atoms with Crippen LogP contribution in [0.25, 0.3) is 11.1 Å². The summed E-state index contributed by atoms with van der Waals surface area (Å²) in [5.74, 6) is 1.85. The van der Waals surface area contributed by atoms with Gasteiger partial charge in [-0.3, -0.25) is 0 Å². The zero-order valence-electron chi connectivity index (χ0n) is 29.6. The summed E-state index contributed by atoms with van der Waals surface area (Å²) in [7, 11) is 0. The van der Waals surface area contributed by atoms with E-state index in [9.17, 15) is 0 Å². The highest BCUT2D eigenvalue weighted by atomic mass is 16.5. The van der Waals surface area contributed by atoms with Crippen molar-refractivity contribution in [2.75, 3.05) is 26.4 Å². The minimum Gasteiger partial charge on any atom is -0.494 e. The average Bonchev–Trinajstić information content (AvgIpc) is 3.45. The van der Waals surface area contributed by atoms with Gasteiger partial charge >= 0.3 is 0 Å². The van der Waals surface area contributed by atoms with Gasteiger partial charge in [-0.25, -0.2) is 0 Å². The third kappa shape index (κ3) is 9.77. The van der Waals surface area contributed by atoms with E-state index in [4.69, 9.17) is 19.7 Å². The molecule has 1 aliphatic carbocycles. The largest absolute Gasteiger partial charge is 0.494 e. The first kappa shape index (κ1) is 36.7. The van der Waals surface area contributed by atoms with Crippen LogP contribution in [0.4, 0.5) is 0 Å². The second-order valence-electron chi connectivity index (χ2n) is 13.7. The van der Waals surface area contributed by atoms with Crippen molar-refractivity contribution >= 4 is 0 Å². The van der Waals surface area contributed by atoms with Crippen molar-refractivity contribution in [3.63, 3.8) is 0 Å². The Morgan fingerprint density at radius 2 is 0.694 bits per heavy atom. The van der Waals surface area contributed by atoms with Crippen LogP contribution in [0.1, 0.15) is 125 Å². The average molecular weight is 663 g/mol. The lowest BCUT2D eigenvalue weighted by Crippen LogP contribution is -2.28. The van der Waals surface area contributed by atoms with E-state index in [2.05, 4.69) is 97.1 Å². The van der Waals surface area contributed by atoms with E-state index in [1.54, 1.807) is 0 Å². The van der Waals surface area contributed by atoms with Crippen LogP contribution >= 0.6 is 0 Å². The molecule has 0 atom stereocenters. The molecule has 0 aliphatic heterocycles. The van der Waals surface area contributed by atoms with Gasteiger partial charge in [0.2, 0.25) is 0 Å². The molecule has 0 aromatic heterocycles. The second-order valence-corrected chi connectivity index (χ2v) is 13.7. The normalized spacial score (nSPS) is 12.9. The number of benzene rings is 4. The first-order valence-electron chi connectivity index (χ1n) is 19.2. The highest BCUT2D eigenvalue weighted by Gasteiger charge is 2.45. The molecule has 5 rings (SSSR count). The first-order valence-corrected chi connectivity index (χ1v) is 19.2. The van der Waals surface area contributed by atoms with Gasteiger partial charge in [-0.1, -0.05) is 150 Å². The van der Waals surface area contributed by atoms with E-state index < -0.39 is 5.41 Å². The topological polar surface area (TPSA) is 58.9 Å². The van der Waals surface area contributed by atoms with Crippen molar-refractivity contribution in [1.29, 1.82) is 0 Å². The van der Waals surface area contributed by atoms with Crippen LogP contribution in [0.2, 0.25) is 0 Å². The maximum atomic E-state index is 8.93. The molecule has 2 N–H and O–H groups in total. The highest BCUT2D eigenvalue weighted by Crippen LogP contribution is 2.56. The Morgan fingerprint density at radius 1 is 0.367 bits per heavy atom. The molecule has 0 amide bonds. The summed E-state index contributed by atoms with van der Waals surface area (Å²) >= 11 is 0. The number of hydrogen-bond donors (Lipinski definition) is 2. The fraction of sp³-hybridized carbons (Fsp3) is 0.467. The van der Waals surface area contributed by atoms with E-state index in [1.807, 2.05) is 0 Å². The number of unbranched alkanes of at least 4 members (excludes halogenated alkanes) is 14. The Balaban J connectivity index is 1.23. The Morgan fingerprint density at radius 3 is 1.06 bits per heavy atom. The molecule has 1 aliphatic rings. The van der Waals surface area contributed by atoms with Gasteiger partial charge in [0.25, 0.3) is 0 Å². The number of hydrogen-bond acceptors (Lipinski definition) is 4. The van der Waals surface area contributed by atoms with Crippen LogP contribution in [0.15, 0.2) is 97.1 Å². The molecular weight excluding hydrogens is 604 g/mol. The van der Waals surface area contributed by atoms with Crippen LogP contribution in [-0.2, 0) is 5.41 Å². The lowest BCUT2D eigenvalue weighted by Gasteiger charge is -2.34. The molecule has 4 aromatic carbocycles. The number of aliphatic hydroxyl groups excluding tert-OH is 2. The summed E-state index contributed by atoms with van der Waals surface area (Å²) < 4.78 is 12.4. The van der Waals surface area contributed by atoms with Crippen molar-refractivity contribution in [3.05, 3.63) is 119 Å². The van der Waals surface area contributed by atoms with Gasteiger partial charge in [-0.2, -0.15) is 0 Å². The summed E-state index contributed by atoms with van der Waals surface area (Å²) in [6.45, 7) is 2.12. The van der Waals surface area contributed by atoms with Gasteiger partial charge in [0.05, 0.1) is 18.6 Å². The number of aliphatic hydroxyl groups is 2. The van der Waals surface area contributed by atoms with Crippen LogP contribution < -0.4 is 9.47 Å². The minimum absolute atomic E-state index is 0.317. The Kier molecular flexibility index (Phi) is 15.1. The monoisotopic (exact) mass is 662 g/mol.